The molecular formula is C27H39F2N5O7S. The van der Waals surface area contributed by atoms with Crippen molar-refractivity contribution in [3.05, 3.63) is 83.8 Å². The predicted molar refractivity (Wildman–Crippen MR) is 158 cm³/mol. The fourth-order valence-corrected chi connectivity index (χ4v) is 3.04. The normalized spacial score (nSPS) is 13.5. The third kappa shape index (κ3) is 21.0. The Morgan fingerprint density at radius 2 is 1.55 bits per heavy atom. The molecule has 0 radical (unpaired) electrons. The van der Waals surface area contributed by atoms with Crippen molar-refractivity contribution in [3.8, 4) is 0 Å². The minimum atomic E-state index is -1.57. The Balaban J connectivity index is 4.55. The average molecular weight is 616 g/mol. The number of rotatable bonds is 22. The summed E-state index contributed by atoms with van der Waals surface area (Å²) in [6.45, 7) is 12.3. The summed E-state index contributed by atoms with van der Waals surface area (Å²) in [5.41, 5.74) is 10.4. The van der Waals surface area contributed by atoms with Crippen molar-refractivity contribution in [2.75, 3.05) is 52.7 Å². The third-order valence-corrected chi connectivity index (χ3v) is 5.25. The lowest BCUT2D eigenvalue weighted by Gasteiger charge is -2.08. The zero-order chi connectivity index (χ0) is 31.8. The zero-order valence-electron chi connectivity index (χ0n) is 23.7. The summed E-state index contributed by atoms with van der Waals surface area (Å²) >= 11 is 0. The van der Waals surface area contributed by atoms with Crippen LogP contribution in [0.15, 0.2) is 88.8 Å². The van der Waals surface area contributed by atoms with Gasteiger partial charge in [-0.05, 0) is 31.2 Å². The van der Waals surface area contributed by atoms with Crippen LogP contribution in [-0.2, 0) is 39.5 Å². The number of ether oxygens (including phenoxy) is 4. The fourth-order valence-electron chi connectivity index (χ4n) is 2.43. The van der Waals surface area contributed by atoms with Gasteiger partial charge in [0.1, 0.15) is 16.7 Å². The van der Waals surface area contributed by atoms with E-state index in [-0.39, 0.29) is 30.4 Å². The van der Waals surface area contributed by atoms with Crippen molar-refractivity contribution in [2.45, 2.75) is 13.8 Å². The number of aliphatic imine (C=N–C) groups is 1. The molecule has 0 fully saturated rings. The number of nitrogens with one attached hydrogen (secondary N) is 2. The lowest BCUT2D eigenvalue weighted by Crippen LogP contribution is -2.25. The van der Waals surface area contributed by atoms with E-state index in [2.05, 4.69) is 28.2 Å². The Morgan fingerprint density at radius 1 is 0.952 bits per heavy atom. The van der Waals surface area contributed by atoms with Crippen LogP contribution in [0.25, 0.3) is 0 Å². The summed E-state index contributed by atoms with van der Waals surface area (Å²) in [6.07, 6.45) is 7.03. The maximum absolute atomic E-state index is 14.5. The molecule has 0 aliphatic carbocycles. The molecule has 0 aromatic heterocycles. The summed E-state index contributed by atoms with van der Waals surface area (Å²) < 4.78 is 64.3. The number of halogens is 2. The molecule has 0 aromatic rings. The van der Waals surface area contributed by atoms with E-state index in [1.165, 1.54) is 43.6 Å². The van der Waals surface area contributed by atoms with Crippen molar-refractivity contribution in [1.82, 2.24) is 10.0 Å². The van der Waals surface area contributed by atoms with Gasteiger partial charge in [-0.2, -0.15) is 4.99 Å². The van der Waals surface area contributed by atoms with Gasteiger partial charge in [-0.25, -0.2) is 17.7 Å². The molecular weight excluding hydrogens is 576 g/mol. The molecule has 15 heteroatoms. The van der Waals surface area contributed by atoms with E-state index in [1.807, 2.05) is 0 Å². The maximum Gasteiger partial charge on any atom is 0.275 e. The van der Waals surface area contributed by atoms with Gasteiger partial charge in [0.15, 0.2) is 23.4 Å². The van der Waals surface area contributed by atoms with Crippen molar-refractivity contribution < 1.29 is 41.5 Å². The molecule has 1 atom stereocenters. The highest BCUT2D eigenvalue weighted by molar-refractivity contribution is 7.86. The smallest absolute Gasteiger partial charge is 0.275 e. The number of guanidine groups is 1. The first-order valence-electron chi connectivity index (χ1n) is 12.5. The molecule has 0 aromatic carbocycles. The summed E-state index contributed by atoms with van der Waals surface area (Å²) in [6, 6.07) is 0. The Hall–Kier alpha value is -3.76. The third-order valence-electron chi connectivity index (χ3n) is 4.36. The van der Waals surface area contributed by atoms with Crippen LogP contribution in [0.4, 0.5) is 8.78 Å². The van der Waals surface area contributed by atoms with Crippen molar-refractivity contribution in [3.63, 3.8) is 0 Å². The van der Waals surface area contributed by atoms with Crippen LogP contribution in [0, 0.1) is 0 Å². The van der Waals surface area contributed by atoms with Gasteiger partial charge >= 0.3 is 0 Å². The van der Waals surface area contributed by atoms with Gasteiger partial charge in [-0.3, -0.25) is 9.59 Å². The highest BCUT2D eigenvalue weighted by Crippen LogP contribution is 2.22. The van der Waals surface area contributed by atoms with E-state index >= 15 is 0 Å². The lowest BCUT2D eigenvalue weighted by molar-refractivity contribution is -0.119. The van der Waals surface area contributed by atoms with Gasteiger partial charge in [-0.1, -0.05) is 25.3 Å². The first kappa shape index (κ1) is 38.2. The van der Waals surface area contributed by atoms with E-state index in [1.54, 1.807) is 0 Å². The van der Waals surface area contributed by atoms with Gasteiger partial charge in [0.2, 0.25) is 5.91 Å². The molecule has 0 bridgehead atoms. The summed E-state index contributed by atoms with van der Waals surface area (Å²) in [5, 5.41) is 3.90. The fraction of sp³-hybridized carbons (Fsp3) is 0.370. The average Bonchev–Trinajstić information content (AvgIpc) is 2.92. The molecule has 12 nitrogen and oxygen atoms in total. The number of hydrogen-bond donors (Lipinski definition) is 4. The van der Waals surface area contributed by atoms with Crippen LogP contribution < -0.4 is 21.5 Å². The molecule has 0 saturated carbocycles. The summed E-state index contributed by atoms with van der Waals surface area (Å²) in [5.74, 6) is -4.46. The standard InChI is InChI=1S/C27H39F2N5O7S/c1-5-23(41-25(21(3)28)24(29)10-6-8-20(2)26(36)34-27(30)31)9-7-19-42(37)33-12-14-39-16-18-40-17-15-38-13-11-32-22(4)35/h5-10,19,33H,1,3,11-18H2,2,4H3,(H,32,35)(H4,30,31,34,36)/b10-6+,19-7+,20-8+,23-9+,25-24-. The molecule has 0 spiro atoms. The zero-order valence-corrected chi connectivity index (χ0v) is 24.6. The van der Waals surface area contributed by atoms with E-state index in [9.17, 15) is 22.6 Å². The molecule has 6 N–H and O–H groups in total. The number of amides is 2. The van der Waals surface area contributed by atoms with E-state index < -0.39 is 40.3 Å². The number of allylic oxidation sites excluding steroid dienone is 8. The number of hydrogen-bond acceptors (Lipinski definition) is 7. The van der Waals surface area contributed by atoms with E-state index in [0.717, 1.165) is 12.2 Å². The largest absolute Gasteiger partial charge is 0.451 e. The SMILES string of the molecule is C=C/C(=C\C=C\S(=O)NCCOCCOCCOCCNC(C)=O)O/C(C(=C)F)=C(F)/C=C/C=C(\C)C(=O)N=C(N)N. The van der Waals surface area contributed by atoms with Gasteiger partial charge in [0, 0.05) is 31.0 Å². The summed E-state index contributed by atoms with van der Waals surface area (Å²) in [4.78, 5) is 25.7. The first-order chi connectivity index (χ1) is 20.0. The Morgan fingerprint density at radius 3 is 2.10 bits per heavy atom. The molecule has 0 heterocycles. The molecule has 2 amide bonds. The van der Waals surface area contributed by atoms with Gasteiger partial charge < -0.3 is 35.7 Å². The molecule has 234 valence electrons. The number of nitrogens with zero attached hydrogens (tertiary/aromatic N) is 1. The Labute approximate surface area is 247 Å². The minimum Gasteiger partial charge on any atom is -0.451 e. The second-order valence-electron chi connectivity index (χ2n) is 7.85. The molecule has 0 saturated heterocycles. The van der Waals surface area contributed by atoms with Crippen LogP contribution >= 0.6 is 0 Å². The lowest BCUT2D eigenvalue weighted by atomic mass is 10.2. The van der Waals surface area contributed by atoms with Crippen LogP contribution in [0.5, 0.6) is 0 Å². The Kier molecular flexibility index (Phi) is 21.8. The van der Waals surface area contributed by atoms with Gasteiger partial charge in [0.05, 0.1) is 39.6 Å². The van der Waals surface area contributed by atoms with Crippen molar-refractivity contribution in [1.29, 1.82) is 0 Å². The number of carbonyl (C=O) groups excluding carboxylic acids is 2. The molecule has 0 aliphatic heterocycles. The highest BCUT2D eigenvalue weighted by atomic mass is 32.2. The highest BCUT2D eigenvalue weighted by Gasteiger charge is 2.12. The van der Waals surface area contributed by atoms with Gasteiger partial charge in [0.25, 0.3) is 5.91 Å². The second kappa shape index (κ2) is 23.9. The van der Waals surface area contributed by atoms with Crippen LogP contribution in [-0.4, -0.2) is 74.7 Å². The van der Waals surface area contributed by atoms with Crippen LogP contribution in [0.1, 0.15) is 13.8 Å². The van der Waals surface area contributed by atoms with Crippen LogP contribution in [0.3, 0.4) is 0 Å². The van der Waals surface area contributed by atoms with Crippen molar-refractivity contribution >= 4 is 28.8 Å². The first-order valence-corrected chi connectivity index (χ1v) is 13.7. The number of carbonyl (C=O) groups is 2. The predicted octanol–water partition coefficient (Wildman–Crippen LogP) is 1.99. The quantitative estimate of drug-likeness (QED) is 0.0354. The molecule has 0 rings (SSSR count). The molecule has 42 heavy (non-hydrogen) atoms. The van der Waals surface area contributed by atoms with E-state index in [0.29, 0.717) is 39.6 Å². The van der Waals surface area contributed by atoms with Crippen molar-refractivity contribution in [2.24, 2.45) is 16.5 Å². The van der Waals surface area contributed by atoms with Crippen LogP contribution in [0.2, 0.25) is 0 Å². The van der Waals surface area contributed by atoms with Gasteiger partial charge in [-0.15, -0.1) is 0 Å². The topological polar surface area (TPSA) is 177 Å². The second-order valence-corrected chi connectivity index (χ2v) is 9.00. The summed E-state index contributed by atoms with van der Waals surface area (Å²) in [7, 11) is -1.57. The molecule has 0 aliphatic rings. The van der Waals surface area contributed by atoms with E-state index in [4.69, 9.17) is 30.4 Å². The molecule has 1 unspecified atom stereocenters. The minimum absolute atomic E-state index is 0.0586. The number of nitrogens with two attached hydrogens (primary N) is 2. The Bertz CT molecular complexity index is 1110. The monoisotopic (exact) mass is 615 g/mol. The maximum atomic E-state index is 14.5.